The molecule has 3 aromatic rings. The number of aromatic nitrogens is 3. The summed E-state index contributed by atoms with van der Waals surface area (Å²) in [6.45, 7) is 5.65. The van der Waals surface area contributed by atoms with Gasteiger partial charge >= 0.3 is 0 Å². The van der Waals surface area contributed by atoms with Crippen molar-refractivity contribution in [1.82, 2.24) is 24.6 Å². The Labute approximate surface area is 176 Å². The molecule has 0 aliphatic carbocycles. The molecule has 1 saturated heterocycles. The zero-order chi connectivity index (χ0) is 21.1. The molecule has 0 spiro atoms. The number of fused-ring (bicyclic) bond motifs is 3. The Morgan fingerprint density at radius 3 is 2.87 bits per heavy atom. The van der Waals surface area contributed by atoms with Gasteiger partial charge in [-0.3, -0.25) is 14.5 Å². The lowest BCUT2D eigenvalue weighted by Crippen LogP contribution is -2.42. The summed E-state index contributed by atoms with van der Waals surface area (Å²) in [6.07, 6.45) is 6.71. The van der Waals surface area contributed by atoms with Gasteiger partial charge in [-0.15, -0.1) is 0 Å². The zero-order valence-corrected chi connectivity index (χ0v) is 17.9. The number of benzene rings is 1. The van der Waals surface area contributed by atoms with Crippen LogP contribution in [0.15, 0.2) is 35.3 Å². The topological polar surface area (TPSA) is 72.2 Å². The minimum atomic E-state index is -0.108. The quantitative estimate of drug-likeness (QED) is 0.651. The van der Waals surface area contributed by atoms with Gasteiger partial charge in [0.1, 0.15) is 5.52 Å². The summed E-state index contributed by atoms with van der Waals surface area (Å²) in [7, 11) is 1.67. The second-order valence-corrected chi connectivity index (χ2v) is 8.34. The maximum absolute atomic E-state index is 12.7. The fourth-order valence-electron chi connectivity index (χ4n) is 4.59. The van der Waals surface area contributed by atoms with Crippen molar-refractivity contribution in [1.29, 1.82) is 0 Å². The molecule has 1 amide bonds. The second-order valence-electron chi connectivity index (χ2n) is 8.34. The predicted octanol–water partition coefficient (Wildman–Crippen LogP) is 2.66. The summed E-state index contributed by atoms with van der Waals surface area (Å²) in [4.78, 5) is 27.5. The molecule has 160 valence electrons. The molecule has 1 atom stereocenters. The number of hydrogen-bond donors (Lipinski definition) is 1. The van der Waals surface area contributed by atoms with E-state index in [4.69, 9.17) is 0 Å². The fraction of sp³-hybridized carbons (Fsp3) is 0.522. The van der Waals surface area contributed by atoms with Crippen molar-refractivity contribution in [3.05, 3.63) is 40.8 Å². The third kappa shape index (κ3) is 4.12. The molecular formula is C23H31N5O2. The van der Waals surface area contributed by atoms with E-state index in [1.54, 1.807) is 13.2 Å². The third-order valence-corrected chi connectivity index (χ3v) is 6.31. The second kappa shape index (κ2) is 9.00. The molecule has 1 aromatic carbocycles. The normalized spacial score (nSPS) is 17.6. The van der Waals surface area contributed by atoms with Crippen molar-refractivity contribution in [2.75, 3.05) is 19.6 Å². The number of hydrogen-bond acceptors (Lipinski definition) is 4. The Morgan fingerprint density at radius 1 is 1.20 bits per heavy atom. The van der Waals surface area contributed by atoms with E-state index in [-0.39, 0.29) is 11.5 Å². The highest BCUT2D eigenvalue weighted by Crippen LogP contribution is 2.26. The number of amides is 1. The molecule has 7 nitrogen and oxygen atoms in total. The number of nitrogens with one attached hydrogen (secondary N) is 1. The molecule has 3 heterocycles. The standard InChI is InChI=1S/C23H31N5O2/c1-17-8-5-6-13-27(17)15-12-24-21(29)11-7-14-28-20-10-4-3-9-18(20)19-16-25-26(2)23(30)22(19)28/h3-4,9-10,16-17H,5-8,11-15H2,1-2H3,(H,24,29)/t17-/m1/s1. The molecule has 30 heavy (non-hydrogen) atoms. The monoisotopic (exact) mass is 409 g/mol. The number of nitrogens with zero attached hydrogens (tertiary/aromatic N) is 4. The maximum Gasteiger partial charge on any atom is 0.291 e. The average molecular weight is 410 g/mol. The van der Waals surface area contributed by atoms with Gasteiger partial charge in [-0.2, -0.15) is 5.10 Å². The molecule has 4 rings (SSSR count). The first-order valence-electron chi connectivity index (χ1n) is 11.0. The molecule has 2 aromatic heterocycles. The first-order chi connectivity index (χ1) is 14.6. The average Bonchev–Trinajstić information content (AvgIpc) is 3.07. The number of likely N-dealkylation sites (tertiary alicyclic amines) is 1. The first kappa shape index (κ1) is 20.6. The van der Waals surface area contributed by atoms with Crippen LogP contribution in [-0.2, 0) is 18.4 Å². The van der Waals surface area contributed by atoms with Crippen LogP contribution in [0.2, 0.25) is 0 Å². The van der Waals surface area contributed by atoms with E-state index in [9.17, 15) is 9.59 Å². The van der Waals surface area contributed by atoms with Crippen molar-refractivity contribution in [2.24, 2.45) is 7.05 Å². The molecule has 0 unspecified atom stereocenters. The maximum atomic E-state index is 12.7. The van der Waals surface area contributed by atoms with Gasteiger partial charge in [-0.05, 0) is 38.8 Å². The molecule has 0 radical (unpaired) electrons. The lowest BCUT2D eigenvalue weighted by molar-refractivity contribution is -0.121. The van der Waals surface area contributed by atoms with Crippen LogP contribution in [0.1, 0.15) is 39.0 Å². The largest absolute Gasteiger partial charge is 0.355 e. The predicted molar refractivity (Wildman–Crippen MR) is 120 cm³/mol. The van der Waals surface area contributed by atoms with Crippen molar-refractivity contribution in [2.45, 2.75) is 51.6 Å². The van der Waals surface area contributed by atoms with E-state index in [2.05, 4.69) is 22.2 Å². The van der Waals surface area contributed by atoms with Crippen LogP contribution in [0.5, 0.6) is 0 Å². The van der Waals surface area contributed by atoms with Crippen molar-refractivity contribution >= 4 is 27.7 Å². The van der Waals surface area contributed by atoms with Crippen LogP contribution in [0.3, 0.4) is 0 Å². The Hall–Kier alpha value is -2.67. The van der Waals surface area contributed by atoms with E-state index in [1.165, 1.54) is 23.9 Å². The fourth-order valence-corrected chi connectivity index (χ4v) is 4.59. The summed E-state index contributed by atoms with van der Waals surface area (Å²) >= 11 is 0. The lowest BCUT2D eigenvalue weighted by Gasteiger charge is -2.33. The van der Waals surface area contributed by atoms with Crippen LogP contribution in [0.25, 0.3) is 21.8 Å². The van der Waals surface area contributed by atoms with Crippen LogP contribution in [-0.4, -0.2) is 50.8 Å². The Kier molecular flexibility index (Phi) is 6.18. The number of carbonyl (C=O) groups excluding carboxylic acids is 1. The van der Waals surface area contributed by atoms with E-state index in [0.29, 0.717) is 37.5 Å². The minimum absolute atomic E-state index is 0.0787. The zero-order valence-electron chi connectivity index (χ0n) is 17.9. The van der Waals surface area contributed by atoms with Gasteiger partial charge in [0.2, 0.25) is 5.91 Å². The molecular weight excluding hydrogens is 378 g/mol. The number of rotatable bonds is 7. The molecule has 0 saturated carbocycles. The smallest absolute Gasteiger partial charge is 0.291 e. The highest BCUT2D eigenvalue weighted by atomic mass is 16.1. The Bertz CT molecular complexity index is 1100. The van der Waals surface area contributed by atoms with Crippen molar-refractivity contribution < 1.29 is 4.79 Å². The van der Waals surface area contributed by atoms with Crippen LogP contribution in [0, 0.1) is 0 Å². The third-order valence-electron chi connectivity index (χ3n) is 6.31. The first-order valence-corrected chi connectivity index (χ1v) is 11.0. The van der Waals surface area contributed by atoms with E-state index < -0.39 is 0 Å². The number of carbonyl (C=O) groups is 1. The van der Waals surface area contributed by atoms with Gasteiger partial charge in [0.25, 0.3) is 5.56 Å². The highest BCUT2D eigenvalue weighted by Gasteiger charge is 2.18. The summed E-state index contributed by atoms with van der Waals surface area (Å²) in [5.74, 6) is 0.0787. The van der Waals surface area contributed by atoms with Crippen LogP contribution >= 0.6 is 0 Å². The number of piperidine rings is 1. The summed E-state index contributed by atoms with van der Waals surface area (Å²) in [6, 6.07) is 8.60. The molecule has 7 heteroatoms. The van der Waals surface area contributed by atoms with Crippen molar-refractivity contribution in [3.8, 4) is 0 Å². The number of aryl methyl sites for hydroxylation is 2. The van der Waals surface area contributed by atoms with Gasteiger partial charge in [0.15, 0.2) is 0 Å². The molecule has 1 N–H and O–H groups in total. The molecule has 0 bridgehead atoms. The van der Waals surface area contributed by atoms with E-state index in [0.717, 1.165) is 29.4 Å². The number of para-hydroxylation sites is 1. The highest BCUT2D eigenvalue weighted by molar-refractivity contribution is 6.07. The van der Waals surface area contributed by atoms with Gasteiger partial charge in [0, 0.05) is 55.4 Å². The summed E-state index contributed by atoms with van der Waals surface area (Å²) in [5, 5.41) is 9.13. The molecule has 1 aliphatic rings. The minimum Gasteiger partial charge on any atom is -0.355 e. The lowest BCUT2D eigenvalue weighted by atomic mass is 10.0. The summed E-state index contributed by atoms with van der Waals surface area (Å²) < 4.78 is 3.41. The SMILES string of the molecule is C[C@@H]1CCCCN1CCNC(=O)CCCn1c2ccccc2c2cnn(C)c(=O)c21. The van der Waals surface area contributed by atoms with Crippen LogP contribution in [0.4, 0.5) is 0 Å². The Balaban J connectivity index is 1.38. The molecule has 1 aliphatic heterocycles. The Morgan fingerprint density at radius 2 is 2.03 bits per heavy atom. The van der Waals surface area contributed by atoms with Gasteiger partial charge < -0.3 is 9.88 Å². The van der Waals surface area contributed by atoms with E-state index in [1.807, 2.05) is 28.8 Å². The van der Waals surface area contributed by atoms with Gasteiger partial charge in [-0.1, -0.05) is 24.6 Å². The van der Waals surface area contributed by atoms with Crippen molar-refractivity contribution in [3.63, 3.8) is 0 Å². The van der Waals surface area contributed by atoms with E-state index >= 15 is 0 Å². The molecule has 1 fully saturated rings. The summed E-state index contributed by atoms with van der Waals surface area (Å²) in [5.41, 5.74) is 1.56. The van der Waals surface area contributed by atoms with Gasteiger partial charge in [0.05, 0.1) is 6.20 Å². The van der Waals surface area contributed by atoms with Gasteiger partial charge in [-0.25, -0.2) is 4.68 Å². The van der Waals surface area contributed by atoms with Crippen LogP contribution < -0.4 is 10.9 Å².